The Hall–Kier alpha value is -1.65. The van der Waals surface area contributed by atoms with Crippen LogP contribution in [0.4, 0.5) is 5.95 Å². The van der Waals surface area contributed by atoms with Gasteiger partial charge in [0.25, 0.3) is 0 Å². The second-order valence-corrected chi connectivity index (χ2v) is 6.12. The van der Waals surface area contributed by atoms with Gasteiger partial charge in [0, 0.05) is 25.5 Å². The maximum absolute atomic E-state index is 10.8. The van der Waals surface area contributed by atoms with E-state index in [0.717, 1.165) is 13.1 Å². The Kier molecular flexibility index (Phi) is 3.59. The summed E-state index contributed by atoms with van der Waals surface area (Å²) in [4.78, 5) is 21.4. The molecule has 1 aliphatic carbocycles. The third-order valence-electron chi connectivity index (χ3n) is 4.91. The molecule has 0 unspecified atom stereocenters. The van der Waals surface area contributed by atoms with Crippen LogP contribution in [0.3, 0.4) is 0 Å². The number of anilines is 1. The standard InChI is InChI=1S/C15H21N3O2/c19-13(20)12-10-16-14(17-11-12)18-8-6-15(7-9-18)4-2-1-3-5-15/h10-11H,1-9H2,(H,19,20). The zero-order chi connectivity index (χ0) is 14.0. The molecule has 1 aliphatic heterocycles. The molecule has 108 valence electrons. The monoisotopic (exact) mass is 275 g/mol. The summed E-state index contributed by atoms with van der Waals surface area (Å²) in [6.45, 7) is 1.98. The van der Waals surface area contributed by atoms with Crippen molar-refractivity contribution in [2.45, 2.75) is 44.9 Å². The molecule has 1 aromatic heterocycles. The molecule has 1 N–H and O–H groups in total. The molecule has 0 bridgehead atoms. The van der Waals surface area contributed by atoms with Crippen LogP contribution in [0.25, 0.3) is 0 Å². The first-order valence-corrected chi connectivity index (χ1v) is 7.49. The summed E-state index contributed by atoms with van der Waals surface area (Å²) in [6.07, 6.45) is 12.1. The average molecular weight is 275 g/mol. The molecule has 0 radical (unpaired) electrons. The summed E-state index contributed by atoms with van der Waals surface area (Å²) in [5.74, 6) is -0.308. The van der Waals surface area contributed by atoms with Crippen molar-refractivity contribution >= 4 is 11.9 Å². The maximum atomic E-state index is 10.8. The zero-order valence-electron chi connectivity index (χ0n) is 11.7. The van der Waals surface area contributed by atoms with Crippen LogP contribution in [0, 0.1) is 5.41 Å². The summed E-state index contributed by atoms with van der Waals surface area (Å²) >= 11 is 0. The molecule has 0 amide bonds. The smallest absolute Gasteiger partial charge is 0.338 e. The van der Waals surface area contributed by atoms with Gasteiger partial charge in [-0.15, -0.1) is 0 Å². The molecular formula is C15H21N3O2. The fourth-order valence-electron chi connectivity index (χ4n) is 3.58. The third-order valence-corrected chi connectivity index (χ3v) is 4.91. The molecule has 1 saturated carbocycles. The molecule has 5 heteroatoms. The zero-order valence-corrected chi connectivity index (χ0v) is 11.7. The second-order valence-electron chi connectivity index (χ2n) is 6.12. The van der Waals surface area contributed by atoms with E-state index in [1.54, 1.807) is 0 Å². The normalized spacial score (nSPS) is 21.9. The molecule has 5 nitrogen and oxygen atoms in total. The minimum Gasteiger partial charge on any atom is -0.478 e. The minimum atomic E-state index is -0.976. The number of nitrogens with zero attached hydrogens (tertiary/aromatic N) is 3. The molecule has 20 heavy (non-hydrogen) atoms. The first-order chi connectivity index (χ1) is 9.69. The Balaban J connectivity index is 1.64. The highest BCUT2D eigenvalue weighted by molar-refractivity contribution is 5.86. The van der Waals surface area contributed by atoms with Gasteiger partial charge in [-0.1, -0.05) is 19.3 Å². The number of carboxylic acids is 1. The highest BCUT2D eigenvalue weighted by Crippen LogP contribution is 2.44. The van der Waals surface area contributed by atoms with E-state index < -0.39 is 5.97 Å². The summed E-state index contributed by atoms with van der Waals surface area (Å²) in [7, 11) is 0. The number of piperidine rings is 1. The first-order valence-electron chi connectivity index (χ1n) is 7.49. The van der Waals surface area contributed by atoms with E-state index in [1.807, 2.05) is 0 Å². The Morgan fingerprint density at radius 2 is 1.65 bits per heavy atom. The van der Waals surface area contributed by atoms with Gasteiger partial charge in [-0.05, 0) is 31.1 Å². The van der Waals surface area contributed by atoms with E-state index in [4.69, 9.17) is 5.11 Å². The van der Waals surface area contributed by atoms with Gasteiger partial charge < -0.3 is 10.0 Å². The van der Waals surface area contributed by atoms with Crippen molar-refractivity contribution in [1.82, 2.24) is 9.97 Å². The van der Waals surface area contributed by atoms with Crippen LogP contribution in [-0.2, 0) is 0 Å². The summed E-state index contributed by atoms with van der Waals surface area (Å²) in [5.41, 5.74) is 0.713. The molecule has 2 aliphatic rings. The lowest BCUT2D eigenvalue weighted by molar-refractivity contribution is 0.0696. The van der Waals surface area contributed by atoms with Crippen LogP contribution in [0.1, 0.15) is 55.3 Å². The van der Waals surface area contributed by atoms with Crippen LogP contribution in [0.5, 0.6) is 0 Å². The van der Waals surface area contributed by atoms with E-state index in [0.29, 0.717) is 11.4 Å². The van der Waals surface area contributed by atoms with E-state index in [-0.39, 0.29) is 5.56 Å². The average Bonchev–Trinajstić information content (AvgIpc) is 2.49. The molecule has 0 atom stereocenters. The number of aromatic nitrogens is 2. The van der Waals surface area contributed by atoms with Crippen molar-refractivity contribution in [3.05, 3.63) is 18.0 Å². The number of hydrogen-bond acceptors (Lipinski definition) is 4. The van der Waals surface area contributed by atoms with Crippen molar-refractivity contribution in [3.8, 4) is 0 Å². The van der Waals surface area contributed by atoms with Gasteiger partial charge in [0.05, 0.1) is 5.56 Å². The minimum absolute atomic E-state index is 0.148. The summed E-state index contributed by atoms with van der Waals surface area (Å²) in [6, 6.07) is 0. The Bertz CT molecular complexity index is 470. The number of hydrogen-bond donors (Lipinski definition) is 1. The lowest BCUT2D eigenvalue weighted by Crippen LogP contribution is -2.41. The SMILES string of the molecule is O=C(O)c1cnc(N2CCC3(CCCCC3)CC2)nc1. The van der Waals surface area contributed by atoms with E-state index in [9.17, 15) is 4.79 Å². The van der Waals surface area contributed by atoms with Crippen LogP contribution in [0.15, 0.2) is 12.4 Å². The quantitative estimate of drug-likeness (QED) is 0.899. The fraction of sp³-hybridized carbons (Fsp3) is 0.667. The summed E-state index contributed by atoms with van der Waals surface area (Å²) < 4.78 is 0. The van der Waals surface area contributed by atoms with E-state index >= 15 is 0 Å². The van der Waals surface area contributed by atoms with E-state index in [2.05, 4.69) is 14.9 Å². The fourth-order valence-corrected chi connectivity index (χ4v) is 3.58. The molecular weight excluding hydrogens is 254 g/mol. The molecule has 2 heterocycles. The van der Waals surface area contributed by atoms with Crippen molar-refractivity contribution < 1.29 is 9.90 Å². The first kappa shape index (κ1) is 13.3. The highest BCUT2D eigenvalue weighted by Gasteiger charge is 2.35. The van der Waals surface area contributed by atoms with Gasteiger partial charge in [-0.2, -0.15) is 0 Å². The molecule has 1 aromatic rings. The molecule has 3 rings (SSSR count). The van der Waals surface area contributed by atoms with Crippen molar-refractivity contribution in [2.75, 3.05) is 18.0 Å². The molecule has 2 fully saturated rings. The predicted octanol–water partition coefficient (Wildman–Crippen LogP) is 2.73. The lowest BCUT2D eigenvalue weighted by atomic mass is 9.68. The summed E-state index contributed by atoms with van der Waals surface area (Å²) in [5, 5.41) is 8.86. The van der Waals surface area contributed by atoms with Gasteiger partial charge in [0.15, 0.2) is 0 Å². The van der Waals surface area contributed by atoms with Crippen molar-refractivity contribution in [3.63, 3.8) is 0 Å². The van der Waals surface area contributed by atoms with Gasteiger partial charge in [0.2, 0.25) is 5.95 Å². The number of aromatic carboxylic acids is 1. The second kappa shape index (κ2) is 5.38. The number of carbonyl (C=O) groups is 1. The van der Waals surface area contributed by atoms with Crippen LogP contribution in [0.2, 0.25) is 0 Å². The van der Waals surface area contributed by atoms with Crippen molar-refractivity contribution in [2.24, 2.45) is 5.41 Å². The predicted molar refractivity (Wildman–Crippen MR) is 76.0 cm³/mol. The molecule has 1 saturated heterocycles. The highest BCUT2D eigenvalue weighted by atomic mass is 16.4. The van der Waals surface area contributed by atoms with Crippen LogP contribution >= 0.6 is 0 Å². The maximum Gasteiger partial charge on any atom is 0.338 e. The van der Waals surface area contributed by atoms with Crippen LogP contribution < -0.4 is 4.90 Å². The molecule has 0 aromatic carbocycles. The number of rotatable bonds is 2. The number of carboxylic acid groups (broad SMARTS) is 1. The Labute approximate surface area is 119 Å². The van der Waals surface area contributed by atoms with Gasteiger partial charge in [0.1, 0.15) is 0 Å². The Morgan fingerprint density at radius 3 is 2.20 bits per heavy atom. The third kappa shape index (κ3) is 2.62. The Morgan fingerprint density at radius 1 is 1.05 bits per heavy atom. The topological polar surface area (TPSA) is 66.3 Å². The lowest BCUT2D eigenvalue weighted by Gasteiger charge is -2.44. The van der Waals surface area contributed by atoms with Crippen LogP contribution in [-0.4, -0.2) is 34.1 Å². The van der Waals surface area contributed by atoms with E-state index in [1.165, 1.54) is 57.3 Å². The van der Waals surface area contributed by atoms with Gasteiger partial charge in [-0.3, -0.25) is 0 Å². The van der Waals surface area contributed by atoms with Gasteiger partial charge in [-0.25, -0.2) is 14.8 Å². The van der Waals surface area contributed by atoms with Gasteiger partial charge >= 0.3 is 5.97 Å². The molecule has 1 spiro atoms. The largest absolute Gasteiger partial charge is 0.478 e. The van der Waals surface area contributed by atoms with Crippen molar-refractivity contribution in [1.29, 1.82) is 0 Å².